The monoisotopic (exact) mass is 324 g/mol. The molecule has 0 aromatic carbocycles. The quantitative estimate of drug-likeness (QED) is 0.930. The second kappa shape index (κ2) is 6.27. The normalized spacial score (nSPS) is 12.8. The van der Waals surface area contributed by atoms with E-state index in [1.165, 1.54) is 11.0 Å². The molecule has 9 heteroatoms. The molecule has 0 saturated carbocycles. The van der Waals surface area contributed by atoms with E-state index in [-0.39, 0.29) is 0 Å². The molecule has 2 aromatic heterocycles. The minimum absolute atomic E-state index is 0.295. The maximum Gasteiger partial charge on any atom is 0.408 e. The van der Waals surface area contributed by atoms with Gasteiger partial charge in [0, 0.05) is 0 Å². The Hall–Kier alpha value is -2.22. The molecule has 2 aromatic rings. The lowest BCUT2D eigenvalue weighted by molar-refractivity contribution is 0.0506. The van der Waals surface area contributed by atoms with Crippen molar-refractivity contribution in [2.75, 3.05) is 0 Å². The number of rotatable bonds is 3. The lowest BCUT2D eigenvalue weighted by Crippen LogP contribution is -2.34. The van der Waals surface area contributed by atoms with Crippen LogP contribution >= 0.6 is 11.6 Å². The molecule has 2 rings (SSSR count). The van der Waals surface area contributed by atoms with Crippen molar-refractivity contribution in [3.63, 3.8) is 0 Å². The van der Waals surface area contributed by atoms with Gasteiger partial charge in [-0.15, -0.1) is 15.3 Å². The molecule has 0 fully saturated rings. The second-order valence-electron chi connectivity index (χ2n) is 5.63. The molecule has 2 heterocycles. The fourth-order valence-electron chi connectivity index (χ4n) is 1.56. The number of carbonyl (C=O) groups excluding carboxylic acids is 1. The molecular formula is C13H17ClN6O2. The van der Waals surface area contributed by atoms with Gasteiger partial charge >= 0.3 is 6.09 Å². The summed E-state index contributed by atoms with van der Waals surface area (Å²) in [6.45, 7) is 7.15. The number of nitrogens with zero attached hydrogens (tertiary/aromatic N) is 5. The standard InChI is InChI=1S/C13H17ClN6O2/c1-8(16-12(21)22-13(2,3)4)11-15-7-20(19-11)10-6-5-9(14)17-18-10/h5-8H,1-4H3,(H,16,21)/t8-/m0/s1. The molecule has 0 aliphatic heterocycles. The van der Waals surface area contributed by atoms with Crippen LogP contribution in [0.25, 0.3) is 5.82 Å². The molecule has 1 atom stereocenters. The zero-order chi connectivity index (χ0) is 16.3. The molecule has 118 valence electrons. The molecule has 8 nitrogen and oxygen atoms in total. The average Bonchev–Trinajstić information content (AvgIpc) is 2.86. The summed E-state index contributed by atoms with van der Waals surface area (Å²) in [7, 11) is 0. The number of nitrogens with one attached hydrogen (secondary N) is 1. The van der Waals surface area contributed by atoms with Gasteiger partial charge in [0.05, 0.1) is 6.04 Å². The number of amides is 1. The van der Waals surface area contributed by atoms with E-state index in [0.717, 1.165) is 0 Å². The van der Waals surface area contributed by atoms with Gasteiger partial charge in [0.15, 0.2) is 16.8 Å². The fourth-order valence-corrected chi connectivity index (χ4v) is 1.67. The summed E-state index contributed by atoms with van der Waals surface area (Å²) in [5.74, 6) is 0.912. The van der Waals surface area contributed by atoms with Gasteiger partial charge in [0.1, 0.15) is 11.9 Å². The predicted molar refractivity (Wildman–Crippen MR) is 79.7 cm³/mol. The summed E-state index contributed by atoms with van der Waals surface area (Å²) in [4.78, 5) is 15.9. The molecule has 22 heavy (non-hydrogen) atoms. The molecule has 0 bridgehead atoms. The topological polar surface area (TPSA) is 94.8 Å². The zero-order valence-electron chi connectivity index (χ0n) is 12.7. The highest BCUT2D eigenvalue weighted by Gasteiger charge is 2.20. The number of hydrogen-bond donors (Lipinski definition) is 1. The minimum atomic E-state index is -0.560. The van der Waals surface area contributed by atoms with Crippen LogP contribution in [0.15, 0.2) is 18.5 Å². The molecule has 0 unspecified atom stereocenters. The van der Waals surface area contributed by atoms with Crippen molar-refractivity contribution in [1.29, 1.82) is 0 Å². The van der Waals surface area contributed by atoms with Gasteiger partial charge < -0.3 is 10.1 Å². The van der Waals surface area contributed by atoms with Gasteiger partial charge in [-0.3, -0.25) is 0 Å². The highest BCUT2D eigenvalue weighted by atomic mass is 35.5. The first kappa shape index (κ1) is 16.2. The van der Waals surface area contributed by atoms with Crippen LogP contribution in [0.5, 0.6) is 0 Å². The SMILES string of the molecule is C[C@H](NC(=O)OC(C)(C)C)c1ncn(-c2ccc(Cl)nn2)n1. The number of carbonyl (C=O) groups is 1. The van der Waals surface area contributed by atoms with E-state index in [4.69, 9.17) is 16.3 Å². The Morgan fingerprint density at radius 3 is 2.68 bits per heavy atom. The Morgan fingerprint density at radius 1 is 1.36 bits per heavy atom. The van der Waals surface area contributed by atoms with Gasteiger partial charge in [-0.05, 0) is 39.8 Å². The van der Waals surface area contributed by atoms with Crippen molar-refractivity contribution in [1.82, 2.24) is 30.3 Å². The highest BCUT2D eigenvalue weighted by molar-refractivity contribution is 6.29. The van der Waals surface area contributed by atoms with E-state index in [0.29, 0.717) is 16.8 Å². The van der Waals surface area contributed by atoms with E-state index in [1.54, 1.807) is 39.8 Å². The van der Waals surface area contributed by atoms with Crippen LogP contribution in [0.2, 0.25) is 5.15 Å². The minimum Gasteiger partial charge on any atom is -0.444 e. The van der Waals surface area contributed by atoms with Crippen LogP contribution in [0, 0.1) is 0 Å². The van der Waals surface area contributed by atoms with Gasteiger partial charge in [-0.25, -0.2) is 14.5 Å². The lowest BCUT2D eigenvalue weighted by atomic mass is 10.2. The van der Waals surface area contributed by atoms with Crippen LogP contribution < -0.4 is 5.32 Å². The van der Waals surface area contributed by atoms with Gasteiger partial charge in [-0.2, -0.15) is 0 Å². The first-order chi connectivity index (χ1) is 10.2. The van der Waals surface area contributed by atoms with Crippen molar-refractivity contribution in [2.45, 2.75) is 39.3 Å². The second-order valence-corrected chi connectivity index (χ2v) is 6.02. The Balaban J connectivity index is 2.04. The average molecular weight is 325 g/mol. The van der Waals surface area contributed by atoms with Crippen molar-refractivity contribution in [3.05, 3.63) is 29.4 Å². The zero-order valence-corrected chi connectivity index (χ0v) is 13.5. The van der Waals surface area contributed by atoms with Crippen LogP contribution in [-0.2, 0) is 4.74 Å². The maximum absolute atomic E-state index is 11.7. The maximum atomic E-state index is 11.7. The molecule has 0 aliphatic rings. The van der Waals surface area contributed by atoms with Crippen molar-refractivity contribution < 1.29 is 9.53 Å². The molecule has 0 saturated heterocycles. The summed E-state index contributed by atoms with van der Waals surface area (Å²) >= 11 is 5.68. The van der Waals surface area contributed by atoms with Gasteiger partial charge in [0.25, 0.3) is 0 Å². The van der Waals surface area contributed by atoms with Crippen LogP contribution in [0.4, 0.5) is 4.79 Å². The summed E-state index contributed by atoms with van der Waals surface area (Å²) in [5.41, 5.74) is -0.560. The fraction of sp³-hybridized carbons (Fsp3) is 0.462. The Kier molecular flexibility index (Phi) is 4.60. The third kappa shape index (κ3) is 4.39. The molecule has 0 aliphatic carbocycles. The van der Waals surface area contributed by atoms with Crippen molar-refractivity contribution in [3.8, 4) is 5.82 Å². The van der Waals surface area contributed by atoms with E-state index >= 15 is 0 Å². The molecule has 1 N–H and O–H groups in total. The predicted octanol–water partition coefficient (Wildman–Crippen LogP) is 2.30. The number of ether oxygens (including phenoxy) is 1. The summed E-state index contributed by atoms with van der Waals surface area (Å²) in [6, 6.07) is 2.87. The summed E-state index contributed by atoms with van der Waals surface area (Å²) in [6.07, 6.45) is 0.961. The summed E-state index contributed by atoms with van der Waals surface area (Å²) < 4.78 is 6.64. The molecule has 1 amide bonds. The molecule has 0 radical (unpaired) electrons. The number of hydrogen-bond acceptors (Lipinski definition) is 6. The highest BCUT2D eigenvalue weighted by Crippen LogP contribution is 2.12. The van der Waals surface area contributed by atoms with Gasteiger partial charge in [-0.1, -0.05) is 11.6 Å². The van der Waals surface area contributed by atoms with E-state index < -0.39 is 17.7 Å². The first-order valence-electron chi connectivity index (χ1n) is 6.65. The van der Waals surface area contributed by atoms with Gasteiger partial charge in [0.2, 0.25) is 0 Å². The molecule has 0 spiro atoms. The lowest BCUT2D eigenvalue weighted by Gasteiger charge is -2.21. The van der Waals surface area contributed by atoms with Crippen LogP contribution in [-0.4, -0.2) is 36.7 Å². The largest absolute Gasteiger partial charge is 0.444 e. The number of halogens is 1. The number of aromatic nitrogens is 5. The van der Waals surface area contributed by atoms with E-state index in [2.05, 4.69) is 25.6 Å². The Bertz CT molecular complexity index is 649. The van der Waals surface area contributed by atoms with E-state index in [9.17, 15) is 4.79 Å². The van der Waals surface area contributed by atoms with Crippen LogP contribution in [0.3, 0.4) is 0 Å². The Morgan fingerprint density at radius 2 is 2.09 bits per heavy atom. The summed E-state index contributed by atoms with van der Waals surface area (Å²) in [5, 5.41) is 14.8. The number of alkyl carbamates (subject to hydrolysis) is 1. The van der Waals surface area contributed by atoms with Crippen molar-refractivity contribution in [2.24, 2.45) is 0 Å². The van der Waals surface area contributed by atoms with E-state index in [1.807, 2.05) is 0 Å². The van der Waals surface area contributed by atoms with Crippen molar-refractivity contribution >= 4 is 17.7 Å². The Labute approximate surface area is 132 Å². The third-order valence-electron chi connectivity index (χ3n) is 2.48. The first-order valence-corrected chi connectivity index (χ1v) is 7.03. The smallest absolute Gasteiger partial charge is 0.408 e. The third-order valence-corrected chi connectivity index (χ3v) is 2.68. The molecular weight excluding hydrogens is 308 g/mol. The van der Waals surface area contributed by atoms with Crippen LogP contribution in [0.1, 0.15) is 39.6 Å².